The summed E-state index contributed by atoms with van der Waals surface area (Å²) < 4.78 is 5.37. The van der Waals surface area contributed by atoms with Crippen LogP contribution < -0.4 is 15.5 Å². The van der Waals surface area contributed by atoms with Gasteiger partial charge in [-0.3, -0.25) is 34.6 Å². The van der Waals surface area contributed by atoms with E-state index in [4.69, 9.17) is 4.74 Å². The Balaban J connectivity index is 1.28. The van der Waals surface area contributed by atoms with Gasteiger partial charge in [-0.2, -0.15) is 0 Å². The second-order valence-electron chi connectivity index (χ2n) is 9.98. The Kier molecular flexibility index (Phi) is 8.32. The van der Waals surface area contributed by atoms with E-state index in [2.05, 4.69) is 10.6 Å². The molecule has 0 radical (unpaired) electrons. The number of carbonyl (C=O) groups is 5. The molecular weight excluding hydrogens is 588 g/mol. The molecule has 3 aromatic rings. The van der Waals surface area contributed by atoms with Crippen LogP contribution in [0, 0.1) is 0 Å². The Labute approximate surface area is 255 Å². The molecule has 3 saturated heterocycles. The molecule has 12 heteroatoms. The lowest BCUT2D eigenvalue weighted by Gasteiger charge is -2.28. The van der Waals surface area contributed by atoms with Gasteiger partial charge in [0.15, 0.2) is 0 Å². The van der Waals surface area contributed by atoms with Gasteiger partial charge in [0.05, 0.1) is 23.4 Å². The normalized spacial score (nSPS) is 19.5. The zero-order valence-corrected chi connectivity index (χ0v) is 24.4. The molecule has 0 saturated carbocycles. The Morgan fingerprint density at radius 1 is 0.837 bits per heavy atom. The maximum atomic E-state index is 13.0. The van der Waals surface area contributed by atoms with Crippen molar-refractivity contribution in [2.75, 3.05) is 31.2 Å². The van der Waals surface area contributed by atoms with E-state index in [1.807, 2.05) is 77.7 Å². The molecule has 3 fully saturated rings. The van der Waals surface area contributed by atoms with Crippen molar-refractivity contribution in [1.82, 2.24) is 15.5 Å². The minimum absolute atomic E-state index is 0.0391. The molecule has 0 spiro atoms. The summed E-state index contributed by atoms with van der Waals surface area (Å²) in [6, 6.07) is 22.7. The second-order valence-corrected chi connectivity index (χ2v) is 12.2. The number of nitrogens with one attached hydrogen (secondary N) is 2. The Morgan fingerprint density at radius 3 is 2.00 bits per heavy atom. The summed E-state index contributed by atoms with van der Waals surface area (Å²) in [4.78, 5) is 64.3. The fraction of sp³-hybridized carbons (Fsp3) is 0.194. The molecule has 1 unspecified atom stereocenters. The molecule has 1 atom stereocenters. The highest BCUT2D eigenvalue weighted by atomic mass is 32.2. The number of morpholine rings is 1. The standard InChI is InChI=1S/C31H26N4O6S2/c36-27-25(42-30(39)32-27)17-19-1-7-22(8-2-19)35(23-9-3-20(4-10-23)18-26-28(37)33-31(40)43-26)24-11-5-21(6-12-24)29(38)34-13-15-41-16-14-34/h1-12,17,26H,13-16,18H2,(H,32,36,39)(H,33,37,40)/b25-17-. The van der Waals surface area contributed by atoms with Gasteiger partial charge in [-0.1, -0.05) is 36.0 Å². The van der Waals surface area contributed by atoms with E-state index in [0.29, 0.717) is 43.2 Å². The zero-order chi connectivity index (χ0) is 29.9. The first-order valence-electron chi connectivity index (χ1n) is 13.6. The third kappa shape index (κ3) is 6.51. The van der Waals surface area contributed by atoms with Crippen molar-refractivity contribution >= 4 is 74.9 Å². The van der Waals surface area contributed by atoms with Crippen LogP contribution in [-0.4, -0.2) is 64.7 Å². The molecule has 0 bridgehead atoms. The van der Waals surface area contributed by atoms with Crippen molar-refractivity contribution in [3.05, 3.63) is 94.4 Å². The number of imide groups is 2. The van der Waals surface area contributed by atoms with Crippen molar-refractivity contribution < 1.29 is 28.7 Å². The SMILES string of the molecule is O=C1NC(=O)/C(=C/c2ccc(N(c3ccc(CC4SC(=O)NC4=O)cc3)c3ccc(C(=O)N4CCOCC4)cc3)cc2)S1. The van der Waals surface area contributed by atoms with Crippen LogP contribution >= 0.6 is 23.5 Å². The highest BCUT2D eigenvalue weighted by molar-refractivity contribution is 8.18. The van der Waals surface area contributed by atoms with E-state index >= 15 is 0 Å². The molecule has 2 N–H and O–H groups in total. The number of anilines is 3. The highest BCUT2D eigenvalue weighted by Gasteiger charge is 2.31. The van der Waals surface area contributed by atoms with E-state index in [1.54, 1.807) is 11.0 Å². The van der Waals surface area contributed by atoms with E-state index < -0.39 is 16.4 Å². The minimum Gasteiger partial charge on any atom is -0.378 e. The maximum absolute atomic E-state index is 13.0. The van der Waals surface area contributed by atoms with Crippen molar-refractivity contribution in [2.24, 2.45) is 0 Å². The number of rotatable bonds is 7. The average molecular weight is 615 g/mol. The largest absolute Gasteiger partial charge is 0.378 e. The van der Waals surface area contributed by atoms with Crippen molar-refractivity contribution in [3.8, 4) is 0 Å². The topological polar surface area (TPSA) is 125 Å². The summed E-state index contributed by atoms with van der Waals surface area (Å²) in [7, 11) is 0. The van der Waals surface area contributed by atoms with Gasteiger partial charge in [0, 0.05) is 35.7 Å². The summed E-state index contributed by atoms with van der Waals surface area (Å²) >= 11 is 1.87. The molecule has 3 aromatic carbocycles. The maximum Gasteiger partial charge on any atom is 0.290 e. The third-order valence-corrected chi connectivity index (χ3v) is 8.94. The predicted molar refractivity (Wildman–Crippen MR) is 166 cm³/mol. The first kappa shape index (κ1) is 28.7. The molecule has 43 heavy (non-hydrogen) atoms. The Morgan fingerprint density at radius 2 is 1.44 bits per heavy atom. The van der Waals surface area contributed by atoms with Crippen LogP contribution in [0.4, 0.5) is 26.7 Å². The molecule has 10 nitrogen and oxygen atoms in total. The number of nitrogens with zero attached hydrogens (tertiary/aromatic N) is 2. The molecule has 6 rings (SSSR count). The summed E-state index contributed by atoms with van der Waals surface area (Å²) in [6.45, 7) is 2.18. The Bertz CT molecular complexity index is 1620. The van der Waals surface area contributed by atoms with Crippen LogP contribution in [0.25, 0.3) is 6.08 Å². The minimum atomic E-state index is -0.455. The van der Waals surface area contributed by atoms with Crippen LogP contribution in [0.1, 0.15) is 21.5 Å². The van der Waals surface area contributed by atoms with E-state index in [-0.39, 0.29) is 17.1 Å². The molecule has 0 aliphatic carbocycles. The predicted octanol–water partition coefficient (Wildman–Crippen LogP) is 4.85. The number of hydrogen-bond acceptors (Lipinski definition) is 9. The van der Waals surface area contributed by atoms with Crippen LogP contribution in [-0.2, 0) is 20.7 Å². The molecule has 3 aliphatic heterocycles. The van der Waals surface area contributed by atoms with Crippen LogP contribution in [0.2, 0.25) is 0 Å². The summed E-state index contributed by atoms with van der Waals surface area (Å²) in [5.41, 5.74) is 4.77. The van der Waals surface area contributed by atoms with E-state index in [9.17, 15) is 24.0 Å². The number of benzene rings is 3. The summed E-state index contributed by atoms with van der Waals surface area (Å²) in [6.07, 6.45) is 2.10. The average Bonchev–Trinajstić information content (AvgIpc) is 3.52. The van der Waals surface area contributed by atoms with Gasteiger partial charge in [0.1, 0.15) is 0 Å². The van der Waals surface area contributed by atoms with Crippen molar-refractivity contribution in [1.29, 1.82) is 0 Å². The second kappa shape index (κ2) is 12.5. The molecular formula is C31H26N4O6S2. The van der Waals surface area contributed by atoms with Gasteiger partial charge in [0.2, 0.25) is 5.91 Å². The van der Waals surface area contributed by atoms with Crippen molar-refractivity contribution in [2.45, 2.75) is 11.7 Å². The smallest absolute Gasteiger partial charge is 0.290 e. The van der Waals surface area contributed by atoms with Crippen LogP contribution in [0.3, 0.4) is 0 Å². The molecule has 3 aliphatic rings. The lowest BCUT2D eigenvalue weighted by molar-refractivity contribution is -0.119. The molecule has 5 amide bonds. The Hall–Kier alpha value is -4.39. The summed E-state index contributed by atoms with van der Waals surface area (Å²) in [5, 5.41) is 3.41. The quantitative estimate of drug-likeness (QED) is 0.360. The van der Waals surface area contributed by atoms with Gasteiger partial charge in [0.25, 0.3) is 22.3 Å². The monoisotopic (exact) mass is 614 g/mol. The molecule has 3 heterocycles. The first-order chi connectivity index (χ1) is 20.8. The van der Waals surface area contributed by atoms with Gasteiger partial charge in [-0.15, -0.1) is 0 Å². The van der Waals surface area contributed by atoms with Gasteiger partial charge < -0.3 is 14.5 Å². The number of ether oxygens (including phenoxy) is 1. The number of thioether (sulfide) groups is 2. The fourth-order valence-electron chi connectivity index (χ4n) is 4.96. The first-order valence-corrected chi connectivity index (χ1v) is 15.3. The van der Waals surface area contributed by atoms with E-state index in [1.165, 1.54) is 0 Å². The lowest BCUT2D eigenvalue weighted by Crippen LogP contribution is -2.40. The highest BCUT2D eigenvalue weighted by Crippen LogP contribution is 2.36. The zero-order valence-electron chi connectivity index (χ0n) is 22.8. The van der Waals surface area contributed by atoms with Gasteiger partial charge in [-0.05, 0) is 83.9 Å². The van der Waals surface area contributed by atoms with E-state index in [0.717, 1.165) is 51.7 Å². The van der Waals surface area contributed by atoms with Crippen LogP contribution in [0.15, 0.2) is 77.7 Å². The van der Waals surface area contributed by atoms with Crippen LogP contribution in [0.5, 0.6) is 0 Å². The van der Waals surface area contributed by atoms with Gasteiger partial charge >= 0.3 is 0 Å². The number of hydrogen-bond donors (Lipinski definition) is 2. The molecule has 0 aromatic heterocycles. The van der Waals surface area contributed by atoms with Gasteiger partial charge in [-0.25, -0.2) is 0 Å². The number of amides is 5. The van der Waals surface area contributed by atoms with Crippen molar-refractivity contribution in [3.63, 3.8) is 0 Å². The number of carbonyl (C=O) groups excluding carboxylic acids is 5. The third-order valence-electron chi connectivity index (χ3n) is 7.14. The molecule has 218 valence electrons. The lowest BCUT2D eigenvalue weighted by atomic mass is 10.1. The summed E-state index contributed by atoms with van der Waals surface area (Å²) in [5.74, 6) is -0.728. The fourth-order valence-corrected chi connectivity index (χ4v) is 6.51.